The molecule has 27 heavy (non-hydrogen) atoms. The molecule has 1 fully saturated rings. The number of nitrogens with one attached hydrogen (secondary N) is 2. The van der Waals surface area contributed by atoms with Crippen LogP contribution in [0.5, 0.6) is 5.75 Å². The number of fused-ring (bicyclic) bond motifs is 1. The second-order valence-corrected chi connectivity index (χ2v) is 7.04. The van der Waals surface area contributed by atoms with E-state index < -0.39 is 0 Å². The Bertz CT molecular complexity index is 816. The Labute approximate surface area is 165 Å². The van der Waals surface area contributed by atoms with E-state index in [0.29, 0.717) is 11.7 Å². The summed E-state index contributed by atoms with van der Waals surface area (Å²) in [5, 5.41) is 14.9. The molecule has 1 atom stereocenters. The molecule has 2 heterocycles. The summed E-state index contributed by atoms with van der Waals surface area (Å²) < 4.78 is 7.36. The SMILES string of the molecule is COc1cccc2c1CCC2NC(=O)c1nnn(C2CCNCC2)c1C.Cl. The molecule has 0 saturated carbocycles. The van der Waals surface area contributed by atoms with Crippen molar-refractivity contribution in [1.82, 2.24) is 25.6 Å². The van der Waals surface area contributed by atoms with Crippen LogP contribution in [0.4, 0.5) is 0 Å². The maximum absolute atomic E-state index is 12.8. The van der Waals surface area contributed by atoms with Crippen LogP contribution in [0.15, 0.2) is 18.2 Å². The molecular weight excluding hydrogens is 366 g/mol. The Morgan fingerprint density at radius 2 is 2.07 bits per heavy atom. The number of ether oxygens (including phenoxy) is 1. The number of methoxy groups -OCH3 is 1. The third-order valence-corrected chi connectivity index (χ3v) is 5.55. The van der Waals surface area contributed by atoms with Gasteiger partial charge in [0, 0.05) is 0 Å². The zero-order valence-electron chi connectivity index (χ0n) is 15.7. The highest BCUT2D eigenvalue weighted by Gasteiger charge is 2.29. The van der Waals surface area contributed by atoms with E-state index in [-0.39, 0.29) is 24.4 Å². The van der Waals surface area contributed by atoms with Gasteiger partial charge in [0.15, 0.2) is 5.69 Å². The molecule has 7 nitrogen and oxygen atoms in total. The van der Waals surface area contributed by atoms with Gasteiger partial charge in [-0.25, -0.2) is 4.68 Å². The first kappa shape index (κ1) is 19.6. The molecule has 4 rings (SSSR count). The number of hydrogen-bond acceptors (Lipinski definition) is 5. The van der Waals surface area contributed by atoms with Crippen LogP contribution in [-0.2, 0) is 6.42 Å². The second kappa shape index (κ2) is 8.27. The number of carbonyl (C=O) groups excluding carboxylic acids is 1. The largest absolute Gasteiger partial charge is 0.496 e. The van der Waals surface area contributed by atoms with E-state index in [4.69, 9.17) is 4.74 Å². The molecule has 8 heteroatoms. The van der Waals surface area contributed by atoms with Gasteiger partial charge in [0.25, 0.3) is 5.91 Å². The highest BCUT2D eigenvalue weighted by atomic mass is 35.5. The van der Waals surface area contributed by atoms with Crippen LogP contribution < -0.4 is 15.4 Å². The zero-order valence-corrected chi connectivity index (χ0v) is 16.5. The average molecular weight is 392 g/mol. The molecule has 1 amide bonds. The number of halogens is 1. The van der Waals surface area contributed by atoms with Gasteiger partial charge < -0.3 is 15.4 Å². The maximum Gasteiger partial charge on any atom is 0.274 e. The molecule has 1 aliphatic heterocycles. The molecule has 1 saturated heterocycles. The molecule has 0 spiro atoms. The fourth-order valence-electron chi connectivity index (χ4n) is 4.14. The van der Waals surface area contributed by atoms with Crippen molar-refractivity contribution in [3.05, 3.63) is 40.7 Å². The molecule has 1 aromatic carbocycles. The molecule has 0 radical (unpaired) electrons. The molecule has 0 bridgehead atoms. The molecule has 2 aromatic rings. The first-order valence-electron chi connectivity index (χ1n) is 9.28. The van der Waals surface area contributed by atoms with Crippen molar-refractivity contribution in [3.8, 4) is 5.75 Å². The summed E-state index contributed by atoms with van der Waals surface area (Å²) in [5.41, 5.74) is 3.61. The average Bonchev–Trinajstić information content (AvgIpc) is 3.26. The van der Waals surface area contributed by atoms with Gasteiger partial charge in [0.1, 0.15) is 5.75 Å². The van der Waals surface area contributed by atoms with Gasteiger partial charge in [-0.1, -0.05) is 17.3 Å². The molecule has 1 aliphatic carbocycles. The third-order valence-electron chi connectivity index (χ3n) is 5.55. The van der Waals surface area contributed by atoms with Crippen LogP contribution in [0.3, 0.4) is 0 Å². The Morgan fingerprint density at radius 1 is 1.30 bits per heavy atom. The summed E-state index contributed by atoms with van der Waals surface area (Å²) in [4.78, 5) is 12.8. The monoisotopic (exact) mass is 391 g/mol. The highest BCUT2D eigenvalue weighted by molar-refractivity contribution is 5.93. The van der Waals surface area contributed by atoms with Gasteiger partial charge >= 0.3 is 0 Å². The minimum Gasteiger partial charge on any atom is -0.496 e. The van der Waals surface area contributed by atoms with E-state index >= 15 is 0 Å². The van der Waals surface area contributed by atoms with Crippen LogP contribution in [0.25, 0.3) is 0 Å². The first-order valence-corrected chi connectivity index (χ1v) is 9.28. The molecule has 146 valence electrons. The van der Waals surface area contributed by atoms with Crippen LogP contribution in [-0.4, -0.2) is 41.1 Å². The van der Waals surface area contributed by atoms with Gasteiger partial charge in [-0.2, -0.15) is 0 Å². The van der Waals surface area contributed by atoms with Gasteiger partial charge in [-0.15, -0.1) is 17.5 Å². The van der Waals surface area contributed by atoms with Crippen molar-refractivity contribution in [1.29, 1.82) is 0 Å². The fourth-order valence-corrected chi connectivity index (χ4v) is 4.14. The number of amides is 1. The number of benzene rings is 1. The van der Waals surface area contributed by atoms with Crippen molar-refractivity contribution in [3.63, 3.8) is 0 Å². The van der Waals surface area contributed by atoms with Crippen molar-refractivity contribution in [2.24, 2.45) is 0 Å². The topological polar surface area (TPSA) is 81.1 Å². The number of rotatable bonds is 4. The summed E-state index contributed by atoms with van der Waals surface area (Å²) in [6.45, 7) is 3.89. The van der Waals surface area contributed by atoms with Crippen LogP contribution >= 0.6 is 12.4 Å². The summed E-state index contributed by atoms with van der Waals surface area (Å²) in [7, 11) is 1.68. The molecular formula is C19H26ClN5O2. The molecule has 1 unspecified atom stereocenters. The first-order chi connectivity index (χ1) is 12.7. The van der Waals surface area contributed by atoms with Crippen LogP contribution in [0, 0.1) is 6.92 Å². The van der Waals surface area contributed by atoms with E-state index in [1.165, 1.54) is 5.56 Å². The zero-order chi connectivity index (χ0) is 18.1. The van der Waals surface area contributed by atoms with Crippen molar-refractivity contribution in [2.45, 2.75) is 44.7 Å². The van der Waals surface area contributed by atoms with Crippen LogP contribution in [0.2, 0.25) is 0 Å². The number of hydrogen-bond donors (Lipinski definition) is 2. The minimum absolute atomic E-state index is 0. The Kier molecular flexibility index (Phi) is 6.01. The Morgan fingerprint density at radius 3 is 2.81 bits per heavy atom. The number of carbonyl (C=O) groups is 1. The third kappa shape index (κ3) is 3.66. The summed E-state index contributed by atoms with van der Waals surface area (Å²) >= 11 is 0. The number of piperidine rings is 1. The van der Waals surface area contributed by atoms with Gasteiger partial charge in [-0.3, -0.25) is 4.79 Å². The van der Waals surface area contributed by atoms with Crippen LogP contribution in [0.1, 0.15) is 58.7 Å². The molecule has 1 aromatic heterocycles. The van der Waals surface area contributed by atoms with Gasteiger partial charge in [0.05, 0.1) is 24.9 Å². The minimum atomic E-state index is -0.150. The quantitative estimate of drug-likeness (QED) is 0.836. The lowest BCUT2D eigenvalue weighted by Gasteiger charge is -2.23. The maximum atomic E-state index is 12.8. The van der Waals surface area contributed by atoms with Crippen molar-refractivity contribution in [2.75, 3.05) is 20.2 Å². The second-order valence-electron chi connectivity index (χ2n) is 7.04. The predicted molar refractivity (Wildman–Crippen MR) is 105 cm³/mol. The highest BCUT2D eigenvalue weighted by Crippen LogP contribution is 2.37. The van der Waals surface area contributed by atoms with Gasteiger partial charge in [0.2, 0.25) is 0 Å². The van der Waals surface area contributed by atoms with Gasteiger partial charge in [-0.05, 0) is 62.9 Å². The summed E-state index contributed by atoms with van der Waals surface area (Å²) in [6.07, 6.45) is 3.82. The fraction of sp³-hybridized carbons (Fsp3) is 0.526. The Hall–Kier alpha value is -2.12. The lowest BCUT2D eigenvalue weighted by Crippen LogP contribution is -2.31. The smallest absolute Gasteiger partial charge is 0.274 e. The summed E-state index contributed by atoms with van der Waals surface area (Å²) in [5.74, 6) is 0.746. The van der Waals surface area contributed by atoms with Crippen molar-refractivity contribution < 1.29 is 9.53 Å². The number of nitrogens with zero attached hydrogens (tertiary/aromatic N) is 3. The predicted octanol–water partition coefficient (Wildman–Crippen LogP) is 2.36. The molecule has 2 N–H and O–H groups in total. The van der Waals surface area contributed by atoms with E-state index in [0.717, 1.165) is 55.8 Å². The van der Waals surface area contributed by atoms with E-state index in [2.05, 4.69) is 27.0 Å². The molecule has 2 aliphatic rings. The lowest BCUT2D eigenvalue weighted by atomic mass is 10.1. The van der Waals surface area contributed by atoms with E-state index in [1.807, 2.05) is 23.7 Å². The summed E-state index contributed by atoms with van der Waals surface area (Å²) in [6, 6.07) is 6.32. The normalized spacial score (nSPS) is 19.3. The Balaban J connectivity index is 0.00000210. The standard InChI is InChI=1S/C19H25N5O2.ClH/c1-12-18(22-23-24(12)13-8-10-20-11-9-13)19(25)21-16-7-6-15-14(16)4-3-5-17(15)26-2;/h3-5,13,16,20H,6-11H2,1-2H3,(H,21,25);1H. The van der Waals surface area contributed by atoms with Crippen molar-refractivity contribution >= 4 is 18.3 Å². The lowest BCUT2D eigenvalue weighted by molar-refractivity contribution is 0.0931. The number of aromatic nitrogens is 3. The van der Waals surface area contributed by atoms with E-state index in [9.17, 15) is 4.79 Å². The van der Waals surface area contributed by atoms with E-state index in [1.54, 1.807) is 7.11 Å².